The molecular weight excluding hydrogens is 435 g/mol. The first-order valence-electron chi connectivity index (χ1n) is 11.2. The molecule has 2 amide bonds. The smallest absolute Gasteiger partial charge is 0.416 e. The number of hydrogen-bond donors (Lipinski definition) is 1. The number of benzene rings is 1. The van der Waals surface area contributed by atoms with Crippen molar-refractivity contribution in [3.05, 3.63) is 53.5 Å². The molecule has 0 unspecified atom stereocenters. The fraction of sp³-hybridized carbons (Fsp3) is 0.500. The molecule has 0 radical (unpaired) electrons. The average Bonchev–Trinajstić information content (AvgIpc) is 3.31. The molecule has 0 saturated carbocycles. The minimum absolute atomic E-state index is 0.191. The molecule has 6 nitrogen and oxygen atoms in total. The molecule has 0 aliphatic carbocycles. The third kappa shape index (κ3) is 4.86. The predicted molar refractivity (Wildman–Crippen MR) is 117 cm³/mol. The second-order valence-corrected chi connectivity index (χ2v) is 9.11. The Hall–Kier alpha value is -2.97. The van der Waals surface area contributed by atoms with Crippen LogP contribution >= 0.6 is 0 Å². The third-order valence-electron chi connectivity index (χ3n) is 6.42. The summed E-state index contributed by atoms with van der Waals surface area (Å²) >= 11 is 0. The number of amides is 2. The first-order valence-corrected chi connectivity index (χ1v) is 11.2. The number of anilines is 1. The number of halogens is 3. The molecule has 1 aromatic heterocycles. The Kier molecular flexibility index (Phi) is 6.41. The number of rotatable bonds is 5. The molecule has 2 aliphatic rings. The van der Waals surface area contributed by atoms with Crippen LogP contribution in [0.1, 0.15) is 41.9 Å². The van der Waals surface area contributed by atoms with Crippen molar-refractivity contribution in [2.45, 2.75) is 38.9 Å². The Labute approximate surface area is 190 Å². The molecule has 0 spiro atoms. The van der Waals surface area contributed by atoms with E-state index in [4.69, 9.17) is 4.42 Å². The zero-order chi connectivity index (χ0) is 23.8. The highest BCUT2D eigenvalue weighted by molar-refractivity contribution is 5.92. The maximum atomic E-state index is 13.3. The number of piperazine rings is 1. The molecular formula is C24H28F3N3O3. The molecule has 4 rings (SSSR count). The number of furan rings is 1. The van der Waals surface area contributed by atoms with Gasteiger partial charge in [0.05, 0.1) is 23.8 Å². The van der Waals surface area contributed by atoms with Crippen LogP contribution < -0.4 is 10.2 Å². The number of nitrogens with zero attached hydrogens (tertiary/aromatic N) is 2. The lowest BCUT2D eigenvalue weighted by molar-refractivity contribution is -0.137. The van der Waals surface area contributed by atoms with Crippen LogP contribution in [0.5, 0.6) is 0 Å². The van der Waals surface area contributed by atoms with Gasteiger partial charge in [0.2, 0.25) is 5.91 Å². The van der Waals surface area contributed by atoms with E-state index in [1.807, 2.05) is 4.90 Å². The van der Waals surface area contributed by atoms with Gasteiger partial charge in [0.15, 0.2) is 5.76 Å². The van der Waals surface area contributed by atoms with E-state index < -0.39 is 17.7 Å². The van der Waals surface area contributed by atoms with Crippen molar-refractivity contribution in [2.75, 3.05) is 31.1 Å². The summed E-state index contributed by atoms with van der Waals surface area (Å²) in [5, 5.41) is 2.95. The standard InChI is InChI=1S/C24H28F3N3O3/c1-15(2)7-8-28-22(31)18-13-16-12-17(24(25,26)27)5-6-19(16)30-10-9-29(14-20(18)30)23(32)21-4-3-11-33-21/h3-6,11-12,15,18,20H,7-10,13-14H2,1-2H3,(H,28,31)/t18-,20-/m1/s1. The van der Waals surface area contributed by atoms with Gasteiger partial charge >= 0.3 is 6.18 Å². The summed E-state index contributed by atoms with van der Waals surface area (Å²) < 4.78 is 45.2. The van der Waals surface area contributed by atoms with E-state index in [1.165, 1.54) is 12.3 Å². The Bertz CT molecular complexity index is 1000. The van der Waals surface area contributed by atoms with E-state index in [-0.39, 0.29) is 30.0 Å². The van der Waals surface area contributed by atoms with Crippen molar-refractivity contribution >= 4 is 17.5 Å². The Morgan fingerprint density at radius 2 is 2.00 bits per heavy atom. The van der Waals surface area contributed by atoms with E-state index in [0.29, 0.717) is 43.3 Å². The summed E-state index contributed by atoms with van der Waals surface area (Å²) in [5.41, 5.74) is 0.491. The van der Waals surface area contributed by atoms with Crippen LogP contribution in [0.15, 0.2) is 41.0 Å². The number of fused-ring (bicyclic) bond motifs is 3. The van der Waals surface area contributed by atoms with Gasteiger partial charge < -0.3 is 19.5 Å². The molecule has 178 valence electrons. The molecule has 33 heavy (non-hydrogen) atoms. The zero-order valence-electron chi connectivity index (χ0n) is 18.7. The first kappa shape index (κ1) is 23.2. The second kappa shape index (κ2) is 9.11. The predicted octanol–water partition coefficient (Wildman–Crippen LogP) is 3.96. The van der Waals surface area contributed by atoms with Crippen LogP contribution in [0.3, 0.4) is 0 Å². The van der Waals surface area contributed by atoms with Gasteiger partial charge in [0, 0.05) is 31.9 Å². The summed E-state index contributed by atoms with van der Waals surface area (Å²) in [6.45, 7) is 5.72. The summed E-state index contributed by atoms with van der Waals surface area (Å²) in [5.74, 6) is -0.370. The average molecular weight is 464 g/mol. The molecule has 2 aliphatic heterocycles. The molecule has 3 heterocycles. The van der Waals surface area contributed by atoms with Gasteiger partial charge in [0.25, 0.3) is 5.91 Å². The molecule has 2 atom stereocenters. The van der Waals surface area contributed by atoms with Gasteiger partial charge in [-0.3, -0.25) is 9.59 Å². The molecule has 1 aromatic carbocycles. The maximum absolute atomic E-state index is 13.3. The summed E-state index contributed by atoms with van der Waals surface area (Å²) in [4.78, 5) is 29.6. The normalized spacial score (nSPS) is 20.4. The lowest BCUT2D eigenvalue weighted by Gasteiger charge is -2.49. The lowest BCUT2D eigenvalue weighted by Crippen LogP contribution is -2.62. The number of hydrogen-bond acceptors (Lipinski definition) is 4. The van der Waals surface area contributed by atoms with Crippen LogP contribution in [0.4, 0.5) is 18.9 Å². The molecule has 1 saturated heterocycles. The van der Waals surface area contributed by atoms with Gasteiger partial charge in [-0.1, -0.05) is 13.8 Å². The van der Waals surface area contributed by atoms with Crippen LogP contribution in [0.25, 0.3) is 0 Å². The van der Waals surface area contributed by atoms with Crippen LogP contribution in [-0.4, -0.2) is 48.9 Å². The monoisotopic (exact) mass is 463 g/mol. The first-order chi connectivity index (χ1) is 15.6. The van der Waals surface area contributed by atoms with E-state index in [1.54, 1.807) is 17.0 Å². The highest BCUT2D eigenvalue weighted by Gasteiger charge is 2.43. The third-order valence-corrected chi connectivity index (χ3v) is 6.42. The van der Waals surface area contributed by atoms with Crippen LogP contribution in [0.2, 0.25) is 0 Å². The fourth-order valence-electron chi connectivity index (χ4n) is 4.66. The Balaban J connectivity index is 1.62. The molecule has 2 aromatic rings. The highest BCUT2D eigenvalue weighted by Crippen LogP contribution is 2.40. The number of alkyl halides is 3. The van der Waals surface area contributed by atoms with Crippen molar-refractivity contribution in [1.82, 2.24) is 10.2 Å². The van der Waals surface area contributed by atoms with Gasteiger partial charge in [-0.05, 0) is 54.7 Å². The quantitative estimate of drug-likeness (QED) is 0.729. The molecule has 0 bridgehead atoms. The van der Waals surface area contributed by atoms with Crippen molar-refractivity contribution in [3.8, 4) is 0 Å². The fourth-order valence-corrected chi connectivity index (χ4v) is 4.66. The second-order valence-electron chi connectivity index (χ2n) is 9.11. The van der Waals surface area contributed by atoms with Gasteiger partial charge in [-0.25, -0.2) is 0 Å². The molecule has 9 heteroatoms. The minimum atomic E-state index is -4.45. The van der Waals surface area contributed by atoms with E-state index in [0.717, 1.165) is 18.6 Å². The summed E-state index contributed by atoms with van der Waals surface area (Å²) in [7, 11) is 0. The van der Waals surface area contributed by atoms with Gasteiger partial charge in [0.1, 0.15) is 0 Å². The van der Waals surface area contributed by atoms with Crippen molar-refractivity contribution in [1.29, 1.82) is 0 Å². The summed E-state index contributed by atoms with van der Waals surface area (Å²) in [6, 6.07) is 6.63. The van der Waals surface area contributed by atoms with Crippen molar-refractivity contribution < 1.29 is 27.2 Å². The topological polar surface area (TPSA) is 65.8 Å². The van der Waals surface area contributed by atoms with Gasteiger partial charge in [-0.15, -0.1) is 0 Å². The van der Waals surface area contributed by atoms with Crippen LogP contribution in [-0.2, 0) is 17.4 Å². The van der Waals surface area contributed by atoms with Crippen LogP contribution in [0, 0.1) is 11.8 Å². The zero-order valence-corrected chi connectivity index (χ0v) is 18.7. The van der Waals surface area contributed by atoms with Crippen molar-refractivity contribution in [2.24, 2.45) is 11.8 Å². The molecule has 1 fully saturated rings. The van der Waals surface area contributed by atoms with E-state index in [9.17, 15) is 22.8 Å². The summed E-state index contributed by atoms with van der Waals surface area (Å²) in [6.07, 6.45) is -2.01. The largest absolute Gasteiger partial charge is 0.459 e. The highest BCUT2D eigenvalue weighted by atomic mass is 19.4. The lowest BCUT2D eigenvalue weighted by atomic mass is 9.82. The SMILES string of the molecule is CC(C)CCNC(=O)[C@@H]1Cc2cc(C(F)(F)F)ccc2N2CCN(C(=O)c3ccco3)C[C@H]12. The molecule has 1 N–H and O–H groups in total. The Morgan fingerprint density at radius 1 is 1.21 bits per heavy atom. The van der Waals surface area contributed by atoms with E-state index >= 15 is 0 Å². The number of carbonyl (C=O) groups is 2. The number of carbonyl (C=O) groups excluding carboxylic acids is 2. The van der Waals surface area contributed by atoms with E-state index in [2.05, 4.69) is 19.2 Å². The Morgan fingerprint density at radius 3 is 2.67 bits per heavy atom. The van der Waals surface area contributed by atoms with Crippen molar-refractivity contribution in [3.63, 3.8) is 0 Å². The number of nitrogens with one attached hydrogen (secondary N) is 1. The minimum Gasteiger partial charge on any atom is -0.459 e. The maximum Gasteiger partial charge on any atom is 0.416 e. The van der Waals surface area contributed by atoms with Gasteiger partial charge in [-0.2, -0.15) is 13.2 Å².